The SMILES string of the molecule is C=CCNC(=S)Nc1ccc2ncc(-c3ccn(C(C)C)n3)nc2n1. The van der Waals surface area contributed by atoms with Gasteiger partial charge in [-0.05, 0) is 44.3 Å². The van der Waals surface area contributed by atoms with Crippen molar-refractivity contribution in [1.29, 1.82) is 0 Å². The predicted octanol–water partition coefficient (Wildman–Crippen LogP) is 2.94. The van der Waals surface area contributed by atoms with Crippen molar-refractivity contribution in [2.45, 2.75) is 19.9 Å². The third-order valence-corrected chi connectivity index (χ3v) is 3.70. The van der Waals surface area contributed by atoms with E-state index in [1.54, 1.807) is 12.3 Å². The maximum atomic E-state index is 5.19. The Kier molecular flexibility index (Phi) is 4.99. The van der Waals surface area contributed by atoms with Crippen molar-refractivity contribution < 1.29 is 0 Å². The smallest absolute Gasteiger partial charge is 0.180 e. The lowest BCUT2D eigenvalue weighted by Crippen LogP contribution is -2.28. The number of fused-ring (bicyclic) bond motifs is 1. The molecular formula is C17H19N7S. The number of thiocarbonyl (C=S) groups is 1. The standard InChI is InChI=1S/C17H19N7S/c1-4-8-18-17(25)22-15-6-5-13-16(21-15)20-14(10-19-13)12-7-9-24(23-12)11(2)3/h4-7,9-11H,1,8H2,2-3H3,(H2,18,20,21,22,25). The van der Waals surface area contributed by atoms with Gasteiger partial charge in [0.2, 0.25) is 0 Å². The summed E-state index contributed by atoms with van der Waals surface area (Å²) in [6.07, 6.45) is 5.37. The van der Waals surface area contributed by atoms with Gasteiger partial charge in [0.1, 0.15) is 22.7 Å². The molecule has 3 aromatic heterocycles. The molecule has 0 fully saturated rings. The van der Waals surface area contributed by atoms with Crippen molar-refractivity contribution >= 4 is 34.3 Å². The minimum atomic E-state index is 0.292. The summed E-state index contributed by atoms with van der Waals surface area (Å²) in [6, 6.07) is 5.88. The van der Waals surface area contributed by atoms with Crippen molar-refractivity contribution in [3.05, 3.63) is 43.2 Å². The highest BCUT2D eigenvalue weighted by Gasteiger charge is 2.09. The van der Waals surface area contributed by atoms with Crippen molar-refractivity contribution in [2.24, 2.45) is 0 Å². The fourth-order valence-electron chi connectivity index (χ4n) is 2.18. The third-order valence-electron chi connectivity index (χ3n) is 3.46. The molecule has 0 saturated carbocycles. The van der Waals surface area contributed by atoms with Gasteiger partial charge in [0.15, 0.2) is 10.8 Å². The zero-order chi connectivity index (χ0) is 17.8. The summed E-state index contributed by atoms with van der Waals surface area (Å²) >= 11 is 5.19. The first-order chi connectivity index (χ1) is 12.1. The lowest BCUT2D eigenvalue weighted by atomic mass is 10.3. The second-order valence-electron chi connectivity index (χ2n) is 5.69. The van der Waals surface area contributed by atoms with E-state index >= 15 is 0 Å². The van der Waals surface area contributed by atoms with Crippen molar-refractivity contribution in [3.8, 4) is 11.4 Å². The minimum absolute atomic E-state index is 0.292. The van der Waals surface area contributed by atoms with Crippen LogP contribution in [0.4, 0.5) is 5.82 Å². The van der Waals surface area contributed by atoms with Crippen LogP contribution in [0.15, 0.2) is 43.2 Å². The summed E-state index contributed by atoms with van der Waals surface area (Å²) < 4.78 is 1.89. The molecule has 0 bridgehead atoms. The van der Waals surface area contributed by atoms with Crippen LogP contribution in [0.2, 0.25) is 0 Å². The van der Waals surface area contributed by atoms with Gasteiger partial charge in [0.25, 0.3) is 0 Å². The first-order valence-electron chi connectivity index (χ1n) is 7.92. The number of anilines is 1. The molecular weight excluding hydrogens is 334 g/mol. The highest BCUT2D eigenvalue weighted by atomic mass is 32.1. The number of hydrogen-bond acceptors (Lipinski definition) is 5. The minimum Gasteiger partial charge on any atom is -0.359 e. The highest BCUT2D eigenvalue weighted by molar-refractivity contribution is 7.80. The van der Waals surface area contributed by atoms with Crippen LogP contribution in [-0.4, -0.2) is 36.4 Å². The summed E-state index contributed by atoms with van der Waals surface area (Å²) in [5.41, 5.74) is 2.70. The van der Waals surface area contributed by atoms with E-state index in [4.69, 9.17) is 12.2 Å². The van der Waals surface area contributed by atoms with Crippen molar-refractivity contribution in [1.82, 2.24) is 30.0 Å². The monoisotopic (exact) mass is 353 g/mol. The molecule has 0 radical (unpaired) electrons. The van der Waals surface area contributed by atoms with E-state index < -0.39 is 0 Å². The summed E-state index contributed by atoms with van der Waals surface area (Å²) in [4.78, 5) is 13.5. The fourth-order valence-corrected chi connectivity index (χ4v) is 2.37. The Morgan fingerprint density at radius 2 is 2.12 bits per heavy atom. The van der Waals surface area contributed by atoms with Gasteiger partial charge >= 0.3 is 0 Å². The molecule has 0 unspecified atom stereocenters. The van der Waals surface area contributed by atoms with Gasteiger partial charge < -0.3 is 10.6 Å². The topological polar surface area (TPSA) is 80.5 Å². The van der Waals surface area contributed by atoms with Crippen molar-refractivity contribution in [3.63, 3.8) is 0 Å². The van der Waals surface area contributed by atoms with Gasteiger partial charge in [-0.1, -0.05) is 6.08 Å². The zero-order valence-corrected chi connectivity index (χ0v) is 14.9. The molecule has 0 saturated heterocycles. The predicted molar refractivity (Wildman–Crippen MR) is 103 cm³/mol. The van der Waals surface area contributed by atoms with E-state index in [2.05, 4.69) is 51.1 Å². The Morgan fingerprint density at radius 3 is 2.84 bits per heavy atom. The lowest BCUT2D eigenvalue weighted by molar-refractivity contribution is 0.534. The molecule has 0 aliphatic carbocycles. The van der Waals surface area contributed by atoms with Gasteiger partial charge in [0, 0.05) is 18.8 Å². The maximum absolute atomic E-state index is 5.19. The molecule has 0 aliphatic rings. The second kappa shape index (κ2) is 7.35. The van der Waals surface area contributed by atoms with E-state index in [1.165, 1.54) is 0 Å². The van der Waals surface area contributed by atoms with Crippen molar-refractivity contribution in [2.75, 3.05) is 11.9 Å². The van der Waals surface area contributed by atoms with E-state index in [0.29, 0.717) is 40.4 Å². The molecule has 3 heterocycles. The van der Waals surface area contributed by atoms with Crippen LogP contribution >= 0.6 is 12.2 Å². The molecule has 7 nitrogen and oxygen atoms in total. The molecule has 0 amide bonds. The normalized spacial score (nSPS) is 10.8. The maximum Gasteiger partial charge on any atom is 0.180 e. The first kappa shape index (κ1) is 17.0. The Labute approximate surface area is 151 Å². The second-order valence-corrected chi connectivity index (χ2v) is 6.10. The Hall–Kier alpha value is -2.87. The Bertz CT molecular complexity index is 916. The number of aromatic nitrogens is 5. The van der Waals surface area contributed by atoms with Crippen LogP contribution in [0, 0.1) is 0 Å². The van der Waals surface area contributed by atoms with Crippen LogP contribution < -0.4 is 10.6 Å². The van der Waals surface area contributed by atoms with Crippen LogP contribution in [0.25, 0.3) is 22.6 Å². The largest absolute Gasteiger partial charge is 0.359 e. The summed E-state index contributed by atoms with van der Waals surface area (Å²) in [5, 5.41) is 11.0. The molecule has 0 spiro atoms. The number of nitrogens with zero attached hydrogens (tertiary/aromatic N) is 5. The average molecular weight is 353 g/mol. The number of nitrogens with one attached hydrogen (secondary N) is 2. The first-order valence-corrected chi connectivity index (χ1v) is 8.32. The number of rotatable bonds is 5. The van der Waals surface area contributed by atoms with Crippen LogP contribution in [-0.2, 0) is 0 Å². The van der Waals surface area contributed by atoms with Crippen LogP contribution in [0.5, 0.6) is 0 Å². The quantitative estimate of drug-likeness (QED) is 0.539. The molecule has 3 aromatic rings. The van der Waals surface area contributed by atoms with Crippen LogP contribution in [0.1, 0.15) is 19.9 Å². The zero-order valence-electron chi connectivity index (χ0n) is 14.1. The number of hydrogen-bond donors (Lipinski definition) is 2. The lowest BCUT2D eigenvalue weighted by Gasteiger charge is -2.08. The van der Waals surface area contributed by atoms with E-state index in [1.807, 2.05) is 29.1 Å². The Balaban J connectivity index is 1.87. The molecule has 128 valence electrons. The molecule has 8 heteroatoms. The molecule has 25 heavy (non-hydrogen) atoms. The molecule has 3 rings (SSSR count). The molecule has 2 N–H and O–H groups in total. The molecule has 0 aliphatic heterocycles. The molecule has 0 atom stereocenters. The summed E-state index contributed by atoms with van der Waals surface area (Å²) in [5.74, 6) is 0.605. The van der Waals surface area contributed by atoms with E-state index in [0.717, 1.165) is 5.69 Å². The Morgan fingerprint density at radius 1 is 1.28 bits per heavy atom. The van der Waals surface area contributed by atoms with Gasteiger partial charge in [-0.3, -0.25) is 9.67 Å². The van der Waals surface area contributed by atoms with Gasteiger partial charge in [-0.25, -0.2) is 9.97 Å². The van der Waals surface area contributed by atoms with Gasteiger partial charge in [0.05, 0.1) is 6.20 Å². The average Bonchev–Trinajstić information content (AvgIpc) is 3.10. The highest BCUT2D eigenvalue weighted by Crippen LogP contribution is 2.18. The molecule has 0 aromatic carbocycles. The number of pyridine rings is 1. The van der Waals surface area contributed by atoms with Crippen LogP contribution in [0.3, 0.4) is 0 Å². The van der Waals surface area contributed by atoms with E-state index in [9.17, 15) is 0 Å². The van der Waals surface area contributed by atoms with Gasteiger partial charge in [-0.15, -0.1) is 6.58 Å². The van der Waals surface area contributed by atoms with Gasteiger partial charge in [-0.2, -0.15) is 5.10 Å². The third kappa shape index (κ3) is 3.97. The summed E-state index contributed by atoms with van der Waals surface area (Å²) in [6.45, 7) is 8.38. The summed E-state index contributed by atoms with van der Waals surface area (Å²) in [7, 11) is 0. The fraction of sp³-hybridized carbons (Fsp3) is 0.235. The van der Waals surface area contributed by atoms with E-state index in [-0.39, 0.29) is 0 Å².